The first-order valence-electron chi connectivity index (χ1n) is 6.95. The molecule has 1 N–H and O–H groups in total. The molecule has 1 aliphatic rings. The molecule has 1 atom stereocenters. The molecule has 2 heterocycles. The fraction of sp³-hybridized carbons (Fsp3) is 0.250. The van der Waals surface area contributed by atoms with E-state index in [1.54, 1.807) is 24.3 Å². The lowest BCUT2D eigenvalue weighted by Crippen LogP contribution is -2.38. The molecule has 7 heteroatoms. The van der Waals surface area contributed by atoms with Crippen LogP contribution < -0.4 is 4.90 Å². The summed E-state index contributed by atoms with van der Waals surface area (Å²) in [6, 6.07) is 9.08. The standard InChI is InChI=1S/C16H13F3N2O2/c17-16(18,19)13-6-3-7-20-14(13)21-8-10-4-1-2-5-11(10)12(9-21)15(22)23/h1-7,12H,8-9H2,(H,22,23). The van der Waals surface area contributed by atoms with Crippen LogP contribution >= 0.6 is 0 Å². The number of hydrogen-bond donors (Lipinski definition) is 1. The molecule has 0 radical (unpaired) electrons. The first kappa shape index (κ1) is 15.3. The number of fused-ring (bicyclic) bond motifs is 1. The van der Waals surface area contributed by atoms with E-state index in [9.17, 15) is 23.1 Å². The Labute approximate surface area is 130 Å². The second-order valence-electron chi connectivity index (χ2n) is 5.34. The molecule has 0 spiro atoms. The van der Waals surface area contributed by atoms with Crippen molar-refractivity contribution in [1.82, 2.24) is 4.98 Å². The third kappa shape index (κ3) is 2.86. The Kier molecular flexibility index (Phi) is 3.71. The van der Waals surface area contributed by atoms with Gasteiger partial charge in [0.1, 0.15) is 5.82 Å². The number of anilines is 1. The van der Waals surface area contributed by atoms with Crippen LogP contribution in [0, 0.1) is 0 Å². The van der Waals surface area contributed by atoms with Gasteiger partial charge in [0, 0.05) is 19.3 Å². The van der Waals surface area contributed by atoms with E-state index in [0.29, 0.717) is 11.1 Å². The van der Waals surface area contributed by atoms with Gasteiger partial charge in [-0.3, -0.25) is 4.79 Å². The van der Waals surface area contributed by atoms with Crippen LogP contribution in [0.3, 0.4) is 0 Å². The number of alkyl halides is 3. The Bertz CT molecular complexity index is 746. The van der Waals surface area contributed by atoms with Gasteiger partial charge < -0.3 is 10.0 Å². The zero-order valence-corrected chi connectivity index (χ0v) is 11.9. The van der Waals surface area contributed by atoms with Crippen molar-refractivity contribution in [3.8, 4) is 0 Å². The van der Waals surface area contributed by atoms with Crippen molar-refractivity contribution < 1.29 is 23.1 Å². The molecule has 23 heavy (non-hydrogen) atoms. The van der Waals surface area contributed by atoms with E-state index >= 15 is 0 Å². The Morgan fingerprint density at radius 2 is 1.96 bits per heavy atom. The zero-order valence-electron chi connectivity index (χ0n) is 11.9. The molecule has 3 rings (SSSR count). The fourth-order valence-electron chi connectivity index (χ4n) is 2.85. The van der Waals surface area contributed by atoms with Crippen LogP contribution in [0.5, 0.6) is 0 Å². The van der Waals surface area contributed by atoms with E-state index < -0.39 is 23.6 Å². The van der Waals surface area contributed by atoms with Gasteiger partial charge in [0.05, 0.1) is 11.5 Å². The van der Waals surface area contributed by atoms with E-state index in [2.05, 4.69) is 4.98 Å². The molecule has 1 aromatic carbocycles. The van der Waals surface area contributed by atoms with Crippen LogP contribution in [0.15, 0.2) is 42.6 Å². The molecule has 1 aliphatic heterocycles. The number of hydrogen-bond acceptors (Lipinski definition) is 3. The summed E-state index contributed by atoms with van der Waals surface area (Å²) in [6.45, 7) is 0.145. The second kappa shape index (κ2) is 5.57. The van der Waals surface area contributed by atoms with E-state index in [1.807, 2.05) is 0 Å². The average molecular weight is 322 g/mol. The summed E-state index contributed by atoms with van der Waals surface area (Å²) in [4.78, 5) is 16.7. The van der Waals surface area contributed by atoms with Gasteiger partial charge >= 0.3 is 12.1 Å². The van der Waals surface area contributed by atoms with E-state index in [-0.39, 0.29) is 18.9 Å². The van der Waals surface area contributed by atoms with Crippen molar-refractivity contribution >= 4 is 11.8 Å². The van der Waals surface area contributed by atoms with Gasteiger partial charge in [-0.2, -0.15) is 13.2 Å². The largest absolute Gasteiger partial charge is 0.481 e. The highest BCUT2D eigenvalue weighted by Gasteiger charge is 2.38. The third-order valence-electron chi connectivity index (χ3n) is 3.88. The lowest BCUT2D eigenvalue weighted by Gasteiger charge is -2.34. The van der Waals surface area contributed by atoms with Crippen molar-refractivity contribution in [2.24, 2.45) is 0 Å². The highest BCUT2D eigenvalue weighted by atomic mass is 19.4. The van der Waals surface area contributed by atoms with Gasteiger partial charge in [0.2, 0.25) is 0 Å². The summed E-state index contributed by atoms with van der Waals surface area (Å²) in [7, 11) is 0. The molecular weight excluding hydrogens is 309 g/mol. The van der Waals surface area contributed by atoms with Crippen molar-refractivity contribution in [3.63, 3.8) is 0 Å². The van der Waals surface area contributed by atoms with Gasteiger partial charge in [-0.15, -0.1) is 0 Å². The minimum Gasteiger partial charge on any atom is -0.481 e. The maximum atomic E-state index is 13.2. The summed E-state index contributed by atoms with van der Waals surface area (Å²) in [5.41, 5.74) is 0.481. The molecule has 0 amide bonds. The number of carbonyl (C=O) groups is 1. The minimum atomic E-state index is -4.54. The summed E-state index contributed by atoms with van der Waals surface area (Å²) >= 11 is 0. The first-order chi connectivity index (χ1) is 10.9. The maximum Gasteiger partial charge on any atom is 0.419 e. The maximum absolute atomic E-state index is 13.2. The smallest absolute Gasteiger partial charge is 0.419 e. The molecule has 4 nitrogen and oxygen atoms in total. The Morgan fingerprint density at radius 3 is 2.65 bits per heavy atom. The van der Waals surface area contributed by atoms with Crippen molar-refractivity contribution in [3.05, 3.63) is 59.3 Å². The normalized spacial score (nSPS) is 17.7. The van der Waals surface area contributed by atoms with Gasteiger partial charge in [-0.1, -0.05) is 24.3 Å². The summed E-state index contributed by atoms with van der Waals surface area (Å²) < 4.78 is 39.5. The highest BCUT2D eigenvalue weighted by Crippen LogP contribution is 2.38. The molecule has 2 aromatic rings. The van der Waals surface area contributed by atoms with Crippen LogP contribution in [-0.2, 0) is 17.5 Å². The summed E-state index contributed by atoms with van der Waals surface area (Å²) in [5.74, 6) is -2.18. The molecule has 120 valence electrons. The Balaban J connectivity index is 2.05. The highest BCUT2D eigenvalue weighted by molar-refractivity contribution is 5.78. The van der Waals surface area contributed by atoms with Crippen LogP contribution in [-0.4, -0.2) is 22.6 Å². The van der Waals surface area contributed by atoms with E-state index in [4.69, 9.17) is 0 Å². The van der Waals surface area contributed by atoms with Gasteiger partial charge in [-0.25, -0.2) is 4.98 Å². The predicted octanol–water partition coefficient (Wildman–Crippen LogP) is 3.29. The quantitative estimate of drug-likeness (QED) is 0.922. The molecule has 0 aliphatic carbocycles. The predicted molar refractivity (Wildman–Crippen MR) is 77.1 cm³/mol. The molecule has 0 saturated carbocycles. The topological polar surface area (TPSA) is 53.4 Å². The first-order valence-corrected chi connectivity index (χ1v) is 6.95. The van der Waals surface area contributed by atoms with Crippen LogP contribution in [0.2, 0.25) is 0 Å². The number of halogens is 3. The number of pyridine rings is 1. The van der Waals surface area contributed by atoms with E-state index in [0.717, 1.165) is 6.07 Å². The lowest BCUT2D eigenvalue weighted by atomic mass is 9.89. The summed E-state index contributed by atoms with van der Waals surface area (Å²) in [6.07, 6.45) is -3.26. The van der Waals surface area contributed by atoms with Crippen LogP contribution in [0.1, 0.15) is 22.6 Å². The number of benzene rings is 1. The molecule has 1 aromatic heterocycles. The zero-order chi connectivity index (χ0) is 16.6. The molecular formula is C16H13F3N2O2. The lowest BCUT2D eigenvalue weighted by molar-refractivity contribution is -0.138. The number of aliphatic carboxylic acids is 1. The van der Waals surface area contributed by atoms with Crippen LogP contribution in [0.25, 0.3) is 0 Å². The van der Waals surface area contributed by atoms with Crippen molar-refractivity contribution in [2.75, 3.05) is 11.4 Å². The fourth-order valence-corrected chi connectivity index (χ4v) is 2.85. The number of carboxylic acid groups (broad SMARTS) is 1. The van der Waals surface area contributed by atoms with Gasteiger partial charge in [0.25, 0.3) is 0 Å². The Hall–Kier alpha value is -2.57. The second-order valence-corrected chi connectivity index (χ2v) is 5.34. The van der Waals surface area contributed by atoms with E-state index in [1.165, 1.54) is 17.2 Å². The molecule has 1 unspecified atom stereocenters. The number of carboxylic acids is 1. The van der Waals surface area contributed by atoms with Gasteiger partial charge in [-0.05, 0) is 23.3 Å². The average Bonchev–Trinajstić information content (AvgIpc) is 2.53. The van der Waals surface area contributed by atoms with Crippen molar-refractivity contribution in [2.45, 2.75) is 18.6 Å². The van der Waals surface area contributed by atoms with Crippen molar-refractivity contribution in [1.29, 1.82) is 0 Å². The minimum absolute atomic E-state index is 0.0492. The third-order valence-corrected chi connectivity index (χ3v) is 3.88. The number of aromatic nitrogens is 1. The monoisotopic (exact) mass is 322 g/mol. The van der Waals surface area contributed by atoms with Crippen LogP contribution in [0.4, 0.5) is 19.0 Å². The Morgan fingerprint density at radius 1 is 1.22 bits per heavy atom. The molecule has 0 saturated heterocycles. The number of nitrogens with zero attached hydrogens (tertiary/aromatic N) is 2. The molecule has 0 bridgehead atoms. The summed E-state index contributed by atoms with van der Waals surface area (Å²) in [5, 5.41) is 9.41. The van der Waals surface area contributed by atoms with Gasteiger partial charge in [0.15, 0.2) is 0 Å². The number of rotatable bonds is 2. The molecule has 0 fully saturated rings. The SMILES string of the molecule is O=C(O)C1CN(c2ncccc2C(F)(F)F)Cc2ccccc21.